The number of anilines is 1. The second-order valence-corrected chi connectivity index (χ2v) is 6.97. The standard InChI is InChI=1S/C25H19N3O/c29-23(17-20-13-8-12-18-9-4-5-14-21(18)20)27-25-24(19-10-2-1-3-11-19)26-22-15-6-7-16-28(22)25/h1-16H,17H2,(H,27,29). The number of carbonyl (C=O) groups is 1. The molecule has 2 aromatic heterocycles. The van der Waals surface area contributed by atoms with E-state index in [0.717, 1.165) is 33.2 Å². The van der Waals surface area contributed by atoms with Crippen LogP contribution in [0.4, 0.5) is 5.82 Å². The van der Waals surface area contributed by atoms with E-state index >= 15 is 0 Å². The Labute approximate surface area is 168 Å². The Morgan fingerprint density at radius 2 is 1.59 bits per heavy atom. The van der Waals surface area contributed by atoms with Gasteiger partial charge in [-0.25, -0.2) is 4.98 Å². The molecule has 0 spiro atoms. The maximum absolute atomic E-state index is 13.0. The first-order chi connectivity index (χ1) is 14.3. The normalized spacial score (nSPS) is 11.0. The molecule has 1 N–H and O–H groups in total. The van der Waals surface area contributed by atoms with Crippen molar-refractivity contribution in [3.05, 3.63) is 103 Å². The van der Waals surface area contributed by atoms with Gasteiger partial charge in [0, 0.05) is 11.8 Å². The molecule has 0 aliphatic carbocycles. The smallest absolute Gasteiger partial charge is 0.229 e. The number of hydrogen-bond donors (Lipinski definition) is 1. The van der Waals surface area contributed by atoms with Gasteiger partial charge in [-0.2, -0.15) is 0 Å². The number of carbonyl (C=O) groups excluding carboxylic acids is 1. The molecule has 1 amide bonds. The molecular weight excluding hydrogens is 358 g/mol. The number of fused-ring (bicyclic) bond motifs is 2. The Balaban J connectivity index is 1.52. The minimum Gasteiger partial charge on any atom is -0.310 e. The number of rotatable bonds is 4. The molecule has 0 atom stereocenters. The largest absolute Gasteiger partial charge is 0.310 e. The fraction of sp³-hybridized carbons (Fsp3) is 0.0400. The summed E-state index contributed by atoms with van der Waals surface area (Å²) in [5.41, 5.74) is 3.54. The number of benzene rings is 3. The summed E-state index contributed by atoms with van der Waals surface area (Å²) in [6.45, 7) is 0. The number of hydrogen-bond acceptors (Lipinski definition) is 2. The Morgan fingerprint density at radius 3 is 2.48 bits per heavy atom. The van der Waals surface area contributed by atoms with Crippen LogP contribution in [0.5, 0.6) is 0 Å². The van der Waals surface area contributed by atoms with Crippen LogP contribution >= 0.6 is 0 Å². The highest BCUT2D eigenvalue weighted by Gasteiger charge is 2.16. The molecule has 0 aliphatic rings. The number of aromatic nitrogens is 2. The number of nitrogens with zero attached hydrogens (tertiary/aromatic N) is 2. The van der Waals surface area contributed by atoms with Crippen LogP contribution < -0.4 is 5.32 Å². The molecule has 2 heterocycles. The zero-order chi connectivity index (χ0) is 19.6. The first-order valence-electron chi connectivity index (χ1n) is 9.58. The lowest BCUT2D eigenvalue weighted by Gasteiger charge is -2.10. The van der Waals surface area contributed by atoms with Crippen LogP contribution in [0.2, 0.25) is 0 Å². The maximum Gasteiger partial charge on any atom is 0.229 e. The average molecular weight is 377 g/mol. The molecule has 0 bridgehead atoms. The van der Waals surface area contributed by atoms with Gasteiger partial charge in [-0.05, 0) is 28.5 Å². The van der Waals surface area contributed by atoms with Gasteiger partial charge in [0.25, 0.3) is 0 Å². The van der Waals surface area contributed by atoms with Gasteiger partial charge in [0.1, 0.15) is 17.2 Å². The number of amides is 1. The van der Waals surface area contributed by atoms with Gasteiger partial charge < -0.3 is 5.32 Å². The van der Waals surface area contributed by atoms with Crippen molar-refractivity contribution in [2.75, 3.05) is 5.32 Å². The van der Waals surface area contributed by atoms with E-state index in [1.165, 1.54) is 0 Å². The molecule has 29 heavy (non-hydrogen) atoms. The number of nitrogens with one attached hydrogen (secondary N) is 1. The molecule has 3 aromatic carbocycles. The van der Waals surface area contributed by atoms with E-state index in [2.05, 4.69) is 23.5 Å². The summed E-state index contributed by atoms with van der Waals surface area (Å²) >= 11 is 0. The van der Waals surface area contributed by atoms with Crippen LogP contribution in [0, 0.1) is 0 Å². The monoisotopic (exact) mass is 377 g/mol. The predicted molar refractivity (Wildman–Crippen MR) is 117 cm³/mol. The van der Waals surface area contributed by atoms with Crippen LogP contribution in [0.1, 0.15) is 5.56 Å². The molecule has 0 aliphatic heterocycles. The highest BCUT2D eigenvalue weighted by atomic mass is 16.1. The van der Waals surface area contributed by atoms with Gasteiger partial charge in [0.05, 0.1) is 6.42 Å². The summed E-state index contributed by atoms with van der Waals surface area (Å²) in [5.74, 6) is 0.626. The molecule has 0 unspecified atom stereocenters. The number of imidazole rings is 1. The third-order valence-electron chi connectivity index (χ3n) is 5.07. The van der Waals surface area contributed by atoms with Crippen molar-refractivity contribution in [1.29, 1.82) is 0 Å². The van der Waals surface area contributed by atoms with Crippen molar-refractivity contribution in [3.8, 4) is 11.3 Å². The fourth-order valence-electron chi connectivity index (χ4n) is 3.71. The van der Waals surface area contributed by atoms with Gasteiger partial charge in [-0.3, -0.25) is 9.20 Å². The van der Waals surface area contributed by atoms with E-state index in [4.69, 9.17) is 4.98 Å². The van der Waals surface area contributed by atoms with Crippen molar-refractivity contribution in [1.82, 2.24) is 9.38 Å². The topological polar surface area (TPSA) is 46.4 Å². The third kappa shape index (κ3) is 3.25. The zero-order valence-corrected chi connectivity index (χ0v) is 15.7. The minimum atomic E-state index is -0.0656. The van der Waals surface area contributed by atoms with Crippen LogP contribution in [0.25, 0.3) is 27.7 Å². The predicted octanol–water partition coefficient (Wildman–Crippen LogP) is 5.34. The lowest BCUT2D eigenvalue weighted by molar-refractivity contribution is -0.115. The van der Waals surface area contributed by atoms with Gasteiger partial charge in [-0.1, -0.05) is 78.9 Å². The molecule has 0 fully saturated rings. The minimum absolute atomic E-state index is 0.0656. The van der Waals surface area contributed by atoms with E-state index in [9.17, 15) is 4.79 Å². The average Bonchev–Trinajstić information content (AvgIpc) is 3.13. The van der Waals surface area contributed by atoms with Gasteiger partial charge in [0.15, 0.2) is 0 Å². The lowest BCUT2D eigenvalue weighted by Crippen LogP contribution is -2.16. The molecular formula is C25H19N3O. The molecule has 0 saturated carbocycles. The number of pyridine rings is 1. The van der Waals surface area contributed by atoms with E-state index in [-0.39, 0.29) is 5.91 Å². The summed E-state index contributed by atoms with van der Waals surface area (Å²) < 4.78 is 1.92. The summed E-state index contributed by atoms with van der Waals surface area (Å²) in [5, 5.41) is 5.35. The van der Waals surface area contributed by atoms with Crippen LogP contribution in [-0.2, 0) is 11.2 Å². The first-order valence-corrected chi connectivity index (χ1v) is 9.58. The Kier molecular flexibility index (Phi) is 4.30. The SMILES string of the molecule is O=C(Cc1cccc2ccccc12)Nc1c(-c2ccccc2)nc2ccccn12. The van der Waals surface area contributed by atoms with E-state index in [0.29, 0.717) is 12.2 Å². The Hall–Kier alpha value is -3.92. The molecule has 4 heteroatoms. The van der Waals surface area contributed by atoms with Crippen molar-refractivity contribution in [2.24, 2.45) is 0 Å². The first kappa shape index (κ1) is 17.2. The molecule has 5 rings (SSSR count). The third-order valence-corrected chi connectivity index (χ3v) is 5.07. The Morgan fingerprint density at radius 1 is 0.828 bits per heavy atom. The Bertz CT molecular complexity index is 1320. The summed E-state index contributed by atoms with van der Waals surface area (Å²) in [4.78, 5) is 17.7. The van der Waals surface area contributed by atoms with Gasteiger partial charge >= 0.3 is 0 Å². The highest BCUT2D eigenvalue weighted by molar-refractivity contribution is 5.98. The molecule has 140 valence electrons. The van der Waals surface area contributed by atoms with E-state index in [1.807, 2.05) is 83.4 Å². The van der Waals surface area contributed by atoms with Gasteiger partial charge in [0.2, 0.25) is 5.91 Å². The van der Waals surface area contributed by atoms with E-state index in [1.54, 1.807) is 0 Å². The second-order valence-electron chi connectivity index (χ2n) is 6.97. The molecule has 0 radical (unpaired) electrons. The van der Waals surface area contributed by atoms with Crippen molar-refractivity contribution in [3.63, 3.8) is 0 Å². The molecule has 5 aromatic rings. The second kappa shape index (κ2) is 7.24. The summed E-state index contributed by atoms with van der Waals surface area (Å²) in [6, 6.07) is 29.9. The van der Waals surface area contributed by atoms with Gasteiger partial charge in [-0.15, -0.1) is 0 Å². The highest BCUT2D eigenvalue weighted by Crippen LogP contribution is 2.29. The zero-order valence-electron chi connectivity index (χ0n) is 15.7. The lowest BCUT2D eigenvalue weighted by atomic mass is 10.0. The molecule has 0 saturated heterocycles. The molecule has 4 nitrogen and oxygen atoms in total. The van der Waals surface area contributed by atoms with Crippen molar-refractivity contribution < 1.29 is 4.79 Å². The quantitative estimate of drug-likeness (QED) is 0.460. The van der Waals surface area contributed by atoms with Crippen LogP contribution in [0.3, 0.4) is 0 Å². The van der Waals surface area contributed by atoms with Crippen molar-refractivity contribution >= 4 is 28.1 Å². The van der Waals surface area contributed by atoms with Crippen molar-refractivity contribution in [2.45, 2.75) is 6.42 Å². The van der Waals surface area contributed by atoms with E-state index < -0.39 is 0 Å². The maximum atomic E-state index is 13.0. The van der Waals surface area contributed by atoms with Crippen LogP contribution in [-0.4, -0.2) is 15.3 Å². The fourth-order valence-corrected chi connectivity index (χ4v) is 3.71. The summed E-state index contributed by atoms with van der Waals surface area (Å²) in [6.07, 6.45) is 2.22. The summed E-state index contributed by atoms with van der Waals surface area (Å²) in [7, 11) is 0. The van der Waals surface area contributed by atoms with Crippen LogP contribution in [0.15, 0.2) is 97.2 Å².